The second-order valence-electron chi connectivity index (χ2n) is 6.78. The van der Waals surface area contributed by atoms with E-state index in [1.165, 1.54) is 42.5 Å². The van der Waals surface area contributed by atoms with Gasteiger partial charge in [-0.15, -0.1) is 0 Å². The van der Waals surface area contributed by atoms with Crippen LogP contribution in [0.15, 0.2) is 63.9 Å². The maximum atomic E-state index is 13.2. The molecule has 4 nitrogen and oxygen atoms in total. The third kappa shape index (κ3) is 4.58. The molecule has 1 aliphatic heterocycles. The zero-order chi connectivity index (χ0) is 23.0. The van der Waals surface area contributed by atoms with Gasteiger partial charge in [-0.3, -0.25) is 14.5 Å². The lowest BCUT2D eigenvalue weighted by molar-refractivity contribution is -0.137. The van der Waals surface area contributed by atoms with Gasteiger partial charge < -0.3 is 4.42 Å². The Morgan fingerprint density at radius 1 is 1.06 bits per heavy atom. The van der Waals surface area contributed by atoms with Crippen molar-refractivity contribution in [3.05, 3.63) is 87.2 Å². The summed E-state index contributed by atoms with van der Waals surface area (Å²) in [5.74, 6) is -0.748. The van der Waals surface area contributed by atoms with E-state index in [0.29, 0.717) is 17.3 Å². The minimum absolute atomic E-state index is 0.0816. The van der Waals surface area contributed by atoms with Crippen LogP contribution < -0.4 is 0 Å². The Morgan fingerprint density at radius 2 is 1.84 bits per heavy atom. The van der Waals surface area contributed by atoms with Crippen LogP contribution in [0.25, 0.3) is 17.4 Å². The average Bonchev–Trinajstić information content (AvgIpc) is 3.29. The van der Waals surface area contributed by atoms with Gasteiger partial charge in [0.15, 0.2) is 0 Å². The zero-order valence-electron chi connectivity index (χ0n) is 16.0. The molecule has 1 aliphatic rings. The van der Waals surface area contributed by atoms with Crippen molar-refractivity contribution in [1.82, 2.24) is 4.90 Å². The first-order chi connectivity index (χ1) is 15.1. The van der Waals surface area contributed by atoms with Crippen molar-refractivity contribution in [2.45, 2.75) is 12.7 Å². The summed E-state index contributed by atoms with van der Waals surface area (Å²) < 4.78 is 57.6. The lowest BCUT2D eigenvalue weighted by atomic mass is 10.1. The zero-order valence-corrected chi connectivity index (χ0v) is 17.5. The first-order valence-electron chi connectivity index (χ1n) is 9.08. The van der Waals surface area contributed by atoms with E-state index in [4.69, 9.17) is 16.0 Å². The predicted octanol–water partition coefficient (Wildman–Crippen LogP) is 6.99. The highest BCUT2D eigenvalue weighted by Crippen LogP contribution is 2.36. The van der Waals surface area contributed by atoms with Crippen LogP contribution in [-0.4, -0.2) is 16.0 Å². The first kappa shape index (κ1) is 22.2. The number of thioether (sulfide) groups is 1. The Morgan fingerprint density at radius 3 is 2.56 bits per heavy atom. The number of hydrogen-bond acceptors (Lipinski definition) is 4. The number of hydrogen-bond donors (Lipinski definition) is 0. The SMILES string of the molecule is O=C1S/C(=C\c2ccc(-c3cccc(C(F)(F)F)c3)o2)C(=O)N1Cc1ccc(F)cc1Cl. The number of imide groups is 1. The van der Waals surface area contributed by atoms with Crippen LogP contribution in [0.3, 0.4) is 0 Å². The highest BCUT2D eigenvalue weighted by molar-refractivity contribution is 8.18. The molecule has 0 unspecified atom stereocenters. The fourth-order valence-corrected chi connectivity index (χ4v) is 4.07. The summed E-state index contributed by atoms with van der Waals surface area (Å²) in [6, 6.07) is 11.3. The number of carbonyl (C=O) groups excluding carboxylic acids is 2. The van der Waals surface area contributed by atoms with Gasteiger partial charge in [-0.25, -0.2) is 4.39 Å². The van der Waals surface area contributed by atoms with E-state index in [1.54, 1.807) is 0 Å². The van der Waals surface area contributed by atoms with Crippen LogP contribution in [0.2, 0.25) is 5.02 Å². The molecule has 0 saturated carbocycles. The van der Waals surface area contributed by atoms with Gasteiger partial charge in [0.2, 0.25) is 0 Å². The molecule has 2 amide bonds. The van der Waals surface area contributed by atoms with Gasteiger partial charge in [-0.1, -0.05) is 29.8 Å². The maximum Gasteiger partial charge on any atom is 0.416 e. The van der Waals surface area contributed by atoms with Crippen molar-refractivity contribution in [2.75, 3.05) is 0 Å². The standard InChI is InChI=1S/C22H12ClF4NO3S/c23-17-9-15(24)5-4-13(17)11-28-20(29)19(32-21(28)30)10-16-6-7-18(31-16)12-2-1-3-14(8-12)22(25,26)27/h1-10H,11H2/b19-10-. The predicted molar refractivity (Wildman–Crippen MR) is 112 cm³/mol. The minimum atomic E-state index is -4.49. The third-order valence-corrected chi connectivity index (χ3v) is 5.85. The minimum Gasteiger partial charge on any atom is -0.457 e. The summed E-state index contributed by atoms with van der Waals surface area (Å²) in [5.41, 5.74) is -0.187. The largest absolute Gasteiger partial charge is 0.457 e. The Labute approximate surface area is 188 Å². The molecule has 32 heavy (non-hydrogen) atoms. The van der Waals surface area contributed by atoms with Crippen LogP contribution in [0.4, 0.5) is 22.4 Å². The third-order valence-electron chi connectivity index (χ3n) is 4.59. The van der Waals surface area contributed by atoms with Crippen molar-refractivity contribution in [3.8, 4) is 11.3 Å². The van der Waals surface area contributed by atoms with Crippen molar-refractivity contribution in [3.63, 3.8) is 0 Å². The monoisotopic (exact) mass is 481 g/mol. The average molecular weight is 482 g/mol. The van der Waals surface area contributed by atoms with Crippen LogP contribution in [0.5, 0.6) is 0 Å². The highest BCUT2D eigenvalue weighted by Gasteiger charge is 2.35. The molecule has 0 atom stereocenters. The Bertz CT molecular complexity index is 1250. The number of amides is 2. The van der Waals surface area contributed by atoms with Crippen molar-refractivity contribution in [2.24, 2.45) is 0 Å². The summed E-state index contributed by atoms with van der Waals surface area (Å²) in [4.78, 5) is 26.0. The van der Waals surface area contributed by atoms with Crippen LogP contribution in [-0.2, 0) is 17.5 Å². The Balaban J connectivity index is 1.55. The molecule has 0 N–H and O–H groups in total. The number of halogens is 5. The first-order valence-corrected chi connectivity index (χ1v) is 10.3. The fraction of sp³-hybridized carbons (Fsp3) is 0.0909. The second-order valence-corrected chi connectivity index (χ2v) is 8.18. The van der Waals surface area contributed by atoms with E-state index in [0.717, 1.165) is 23.1 Å². The molecule has 2 aromatic carbocycles. The molecular formula is C22H12ClF4NO3S. The van der Waals surface area contributed by atoms with Gasteiger partial charge in [0.1, 0.15) is 17.3 Å². The number of nitrogens with zero attached hydrogens (tertiary/aromatic N) is 1. The van der Waals surface area contributed by atoms with Crippen molar-refractivity contribution >= 4 is 40.6 Å². The Hall–Kier alpha value is -3.04. The highest BCUT2D eigenvalue weighted by atomic mass is 35.5. The molecule has 10 heteroatoms. The summed E-state index contributed by atoms with van der Waals surface area (Å²) in [6.45, 7) is -0.130. The molecule has 1 fully saturated rings. The van der Waals surface area contributed by atoms with E-state index in [2.05, 4.69) is 0 Å². The van der Waals surface area contributed by atoms with Gasteiger partial charge in [-0.05, 0) is 53.7 Å². The molecular weight excluding hydrogens is 470 g/mol. The van der Waals surface area contributed by atoms with E-state index < -0.39 is 28.7 Å². The fourth-order valence-electron chi connectivity index (χ4n) is 3.02. The number of benzene rings is 2. The second kappa shape index (κ2) is 8.48. The van der Waals surface area contributed by atoms with Crippen LogP contribution in [0.1, 0.15) is 16.9 Å². The van der Waals surface area contributed by atoms with Gasteiger partial charge in [-0.2, -0.15) is 13.2 Å². The van der Waals surface area contributed by atoms with Crippen molar-refractivity contribution in [1.29, 1.82) is 0 Å². The van der Waals surface area contributed by atoms with E-state index in [1.807, 2.05) is 0 Å². The van der Waals surface area contributed by atoms with E-state index in [-0.39, 0.29) is 33.6 Å². The van der Waals surface area contributed by atoms with Gasteiger partial charge in [0.05, 0.1) is 17.0 Å². The van der Waals surface area contributed by atoms with Crippen LogP contribution in [0, 0.1) is 5.82 Å². The summed E-state index contributed by atoms with van der Waals surface area (Å²) in [6.07, 6.45) is -3.15. The molecule has 1 aromatic heterocycles. The smallest absolute Gasteiger partial charge is 0.416 e. The molecule has 0 bridgehead atoms. The quantitative estimate of drug-likeness (QED) is 0.297. The number of carbonyl (C=O) groups is 2. The lowest BCUT2D eigenvalue weighted by Gasteiger charge is -2.13. The van der Waals surface area contributed by atoms with Gasteiger partial charge >= 0.3 is 6.18 Å². The molecule has 0 radical (unpaired) electrons. The molecule has 0 aliphatic carbocycles. The molecule has 164 valence electrons. The lowest BCUT2D eigenvalue weighted by Crippen LogP contribution is -2.27. The number of rotatable bonds is 4. The molecule has 1 saturated heterocycles. The van der Waals surface area contributed by atoms with Gasteiger partial charge in [0.25, 0.3) is 11.1 Å². The molecule has 4 rings (SSSR count). The maximum absolute atomic E-state index is 13.2. The van der Waals surface area contributed by atoms with Gasteiger partial charge in [0, 0.05) is 16.7 Å². The molecule has 0 spiro atoms. The van der Waals surface area contributed by atoms with Crippen molar-refractivity contribution < 1.29 is 31.6 Å². The summed E-state index contributed by atoms with van der Waals surface area (Å²) in [5, 5.41) is -0.448. The summed E-state index contributed by atoms with van der Waals surface area (Å²) in [7, 11) is 0. The van der Waals surface area contributed by atoms with E-state index >= 15 is 0 Å². The van der Waals surface area contributed by atoms with Crippen LogP contribution >= 0.6 is 23.4 Å². The topological polar surface area (TPSA) is 50.5 Å². The van der Waals surface area contributed by atoms with E-state index in [9.17, 15) is 27.2 Å². The Kier molecular flexibility index (Phi) is 5.87. The molecule has 2 heterocycles. The molecule has 3 aromatic rings. The normalized spacial score (nSPS) is 15.8. The number of furan rings is 1. The summed E-state index contributed by atoms with van der Waals surface area (Å²) >= 11 is 6.66. The number of alkyl halides is 3.